The summed E-state index contributed by atoms with van der Waals surface area (Å²) in [7, 11) is 0. The smallest absolute Gasteiger partial charge is 0.323 e. The maximum atomic E-state index is 12.1. The summed E-state index contributed by atoms with van der Waals surface area (Å²) < 4.78 is 0. The van der Waals surface area contributed by atoms with E-state index in [0.717, 1.165) is 0 Å². The molecule has 0 aliphatic carbocycles. The number of halogens is 1. The van der Waals surface area contributed by atoms with Crippen LogP contribution in [-0.2, 0) is 4.79 Å². The number of benzene rings is 1. The van der Waals surface area contributed by atoms with Crippen LogP contribution in [0.15, 0.2) is 24.3 Å². The second kappa shape index (κ2) is 6.61. The fraction of sp³-hybridized carbons (Fsp3) is 0.429. The molecule has 0 atom stereocenters. The molecule has 0 saturated heterocycles. The number of hydrogen-bond donors (Lipinski definition) is 2. The Morgan fingerprint density at radius 3 is 2.25 bits per heavy atom. The van der Waals surface area contributed by atoms with Crippen molar-refractivity contribution in [3.05, 3.63) is 29.3 Å². The Kier molecular flexibility index (Phi) is 5.39. The SMILES string of the molecule is CC(C)(C)CNC(=O)N(CC(=O)O)c1ccc(Cl)cc1. The Balaban J connectivity index is 2.86. The topological polar surface area (TPSA) is 69.6 Å². The fourth-order valence-corrected chi connectivity index (χ4v) is 1.60. The summed E-state index contributed by atoms with van der Waals surface area (Å²) in [5, 5.41) is 12.2. The van der Waals surface area contributed by atoms with Crippen LogP contribution in [0.25, 0.3) is 0 Å². The van der Waals surface area contributed by atoms with Crippen molar-refractivity contribution in [2.45, 2.75) is 20.8 Å². The molecule has 20 heavy (non-hydrogen) atoms. The van der Waals surface area contributed by atoms with E-state index in [1.807, 2.05) is 20.8 Å². The molecule has 1 rings (SSSR count). The molecule has 0 aliphatic rings. The van der Waals surface area contributed by atoms with E-state index in [4.69, 9.17) is 16.7 Å². The quantitative estimate of drug-likeness (QED) is 0.898. The van der Waals surface area contributed by atoms with Gasteiger partial charge in [0.05, 0.1) is 0 Å². The second-order valence-corrected chi connectivity index (χ2v) is 6.11. The van der Waals surface area contributed by atoms with Crippen LogP contribution < -0.4 is 10.2 Å². The van der Waals surface area contributed by atoms with Crippen molar-refractivity contribution in [3.63, 3.8) is 0 Å². The lowest BCUT2D eigenvalue weighted by atomic mass is 9.97. The van der Waals surface area contributed by atoms with Crippen molar-refractivity contribution in [2.24, 2.45) is 5.41 Å². The number of aliphatic carboxylic acids is 1. The highest BCUT2D eigenvalue weighted by Gasteiger charge is 2.20. The van der Waals surface area contributed by atoms with Crippen molar-refractivity contribution >= 4 is 29.3 Å². The average molecular weight is 299 g/mol. The van der Waals surface area contributed by atoms with Crippen molar-refractivity contribution in [3.8, 4) is 0 Å². The molecule has 6 heteroatoms. The molecule has 2 N–H and O–H groups in total. The Hall–Kier alpha value is -1.75. The third-order valence-electron chi connectivity index (χ3n) is 2.45. The van der Waals surface area contributed by atoms with E-state index in [1.165, 1.54) is 4.90 Å². The number of carbonyl (C=O) groups is 2. The summed E-state index contributed by atoms with van der Waals surface area (Å²) in [6, 6.07) is 6.01. The fourth-order valence-electron chi connectivity index (χ4n) is 1.47. The van der Waals surface area contributed by atoms with E-state index in [-0.39, 0.29) is 5.41 Å². The lowest BCUT2D eigenvalue weighted by Gasteiger charge is -2.25. The highest BCUT2D eigenvalue weighted by atomic mass is 35.5. The number of hydrogen-bond acceptors (Lipinski definition) is 2. The molecule has 110 valence electrons. The molecule has 0 radical (unpaired) electrons. The first-order valence-corrected chi connectivity index (χ1v) is 6.59. The van der Waals surface area contributed by atoms with Crippen molar-refractivity contribution < 1.29 is 14.7 Å². The summed E-state index contributed by atoms with van der Waals surface area (Å²) in [6.07, 6.45) is 0. The van der Waals surface area contributed by atoms with Crippen molar-refractivity contribution in [1.29, 1.82) is 0 Å². The van der Waals surface area contributed by atoms with Gasteiger partial charge >= 0.3 is 12.0 Å². The molecule has 0 saturated carbocycles. The van der Waals surface area contributed by atoms with Crippen molar-refractivity contribution in [2.75, 3.05) is 18.0 Å². The summed E-state index contributed by atoms with van der Waals surface area (Å²) in [5.74, 6) is -1.08. The molecule has 0 fully saturated rings. The summed E-state index contributed by atoms with van der Waals surface area (Å²) in [4.78, 5) is 24.2. The molecule has 1 aromatic rings. The second-order valence-electron chi connectivity index (χ2n) is 5.68. The van der Waals surface area contributed by atoms with Gasteiger partial charge in [0.25, 0.3) is 0 Å². The summed E-state index contributed by atoms with van der Waals surface area (Å²) in [5.41, 5.74) is 0.410. The van der Waals surface area contributed by atoms with Crippen molar-refractivity contribution in [1.82, 2.24) is 5.32 Å². The van der Waals surface area contributed by atoms with Gasteiger partial charge in [-0.1, -0.05) is 32.4 Å². The molecule has 0 aliphatic heterocycles. The molecule has 0 spiro atoms. The van der Waals surface area contributed by atoms with E-state index in [1.54, 1.807) is 24.3 Å². The lowest BCUT2D eigenvalue weighted by Crippen LogP contribution is -2.45. The van der Waals surface area contributed by atoms with Gasteiger partial charge < -0.3 is 10.4 Å². The van der Waals surface area contributed by atoms with Gasteiger partial charge in [-0.15, -0.1) is 0 Å². The normalized spacial score (nSPS) is 11.0. The average Bonchev–Trinajstić information content (AvgIpc) is 2.33. The lowest BCUT2D eigenvalue weighted by molar-refractivity contribution is -0.135. The van der Waals surface area contributed by atoms with Gasteiger partial charge in [0.2, 0.25) is 0 Å². The standard InChI is InChI=1S/C14H19ClN2O3/c1-14(2,3)9-16-13(20)17(8-12(18)19)11-6-4-10(15)5-7-11/h4-7H,8-9H2,1-3H3,(H,16,20)(H,18,19). The minimum absolute atomic E-state index is 0.0788. The van der Waals surface area contributed by atoms with Gasteiger partial charge in [-0.25, -0.2) is 4.79 Å². The van der Waals surface area contributed by atoms with Gasteiger partial charge in [0, 0.05) is 17.3 Å². The van der Waals surface area contributed by atoms with Crippen LogP contribution in [0.5, 0.6) is 0 Å². The number of carboxylic acid groups (broad SMARTS) is 1. The number of carbonyl (C=O) groups excluding carboxylic acids is 1. The van der Waals surface area contributed by atoms with Crippen LogP contribution in [0.4, 0.5) is 10.5 Å². The zero-order chi connectivity index (χ0) is 15.3. The third-order valence-corrected chi connectivity index (χ3v) is 2.70. The molecule has 0 unspecified atom stereocenters. The first kappa shape index (κ1) is 16.3. The van der Waals surface area contributed by atoms with E-state index in [9.17, 15) is 9.59 Å². The highest BCUT2D eigenvalue weighted by molar-refractivity contribution is 6.30. The first-order chi connectivity index (χ1) is 9.19. The Morgan fingerprint density at radius 1 is 1.25 bits per heavy atom. The van der Waals surface area contributed by atoms with Crippen LogP contribution in [0.1, 0.15) is 20.8 Å². The van der Waals surface area contributed by atoms with E-state index >= 15 is 0 Å². The van der Waals surface area contributed by atoms with E-state index in [0.29, 0.717) is 17.3 Å². The number of anilines is 1. The van der Waals surface area contributed by atoms with E-state index in [2.05, 4.69) is 5.32 Å². The van der Waals surface area contributed by atoms with Gasteiger partial charge in [-0.05, 0) is 29.7 Å². The van der Waals surface area contributed by atoms with Crippen LogP contribution in [0, 0.1) is 5.41 Å². The minimum Gasteiger partial charge on any atom is -0.480 e. The highest BCUT2D eigenvalue weighted by Crippen LogP contribution is 2.18. The molecule has 0 heterocycles. The predicted octanol–water partition coefficient (Wildman–Crippen LogP) is 2.99. The van der Waals surface area contributed by atoms with Crippen LogP contribution in [0.3, 0.4) is 0 Å². The summed E-state index contributed by atoms with van der Waals surface area (Å²) >= 11 is 5.79. The zero-order valence-electron chi connectivity index (χ0n) is 11.8. The number of rotatable bonds is 4. The molecule has 1 aromatic carbocycles. The molecule has 2 amide bonds. The number of urea groups is 1. The largest absolute Gasteiger partial charge is 0.480 e. The van der Waals surface area contributed by atoms with Gasteiger partial charge in [0.1, 0.15) is 6.54 Å². The number of carboxylic acids is 1. The number of nitrogens with zero attached hydrogens (tertiary/aromatic N) is 1. The third kappa shape index (κ3) is 5.48. The van der Waals surface area contributed by atoms with Crippen LogP contribution in [-0.4, -0.2) is 30.2 Å². The summed E-state index contributed by atoms with van der Waals surface area (Å²) in [6.45, 7) is 6.00. The molecular formula is C14H19ClN2O3. The van der Waals surface area contributed by atoms with Gasteiger partial charge in [-0.2, -0.15) is 0 Å². The first-order valence-electron chi connectivity index (χ1n) is 6.22. The minimum atomic E-state index is -1.08. The Bertz CT molecular complexity index is 480. The zero-order valence-corrected chi connectivity index (χ0v) is 12.6. The van der Waals surface area contributed by atoms with Crippen LogP contribution in [0.2, 0.25) is 5.02 Å². The monoisotopic (exact) mass is 298 g/mol. The van der Waals surface area contributed by atoms with Crippen LogP contribution >= 0.6 is 11.6 Å². The maximum Gasteiger partial charge on any atom is 0.323 e. The molecule has 0 bridgehead atoms. The van der Waals surface area contributed by atoms with E-state index < -0.39 is 18.5 Å². The molecule has 5 nitrogen and oxygen atoms in total. The molecular weight excluding hydrogens is 280 g/mol. The van der Waals surface area contributed by atoms with Gasteiger partial charge in [0.15, 0.2) is 0 Å². The number of amides is 2. The predicted molar refractivity (Wildman–Crippen MR) is 79.3 cm³/mol. The van der Waals surface area contributed by atoms with Gasteiger partial charge in [-0.3, -0.25) is 9.69 Å². The Morgan fingerprint density at radius 2 is 1.80 bits per heavy atom. The number of nitrogens with one attached hydrogen (secondary N) is 1. The Labute approximate surface area is 123 Å². The maximum absolute atomic E-state index is 12.1. The molecule has 0 aromatic heterocycles.